The van der Waals surface area contributed by atoms with Crippen molar-refractivity contribution in [3.8, 4) is 0 Å². The minimum atomic E-state index is -0.377. The van der Waals surface area contributed by atoms with Crippen LogP contribution < -0.4 is 11.1 Å². The monoisotopic (exact) mass is 290 g/mol. The van der Waals surface area contributed by atoms with Crippen molar-refractivity contribution < 1.29 is 14.3 Å². The van der Waals surface area contributed by atoms with Gasteiger partial charge in [0, 0.05) is 12.2 Å². The van der Waals surface area contributed by atoms with Crippen LogP contribution in [0.2, 0.25) is 0 Å². The first kappa shape index (κ1) is 15.5. The van der Waals surface area contributed by atoms with Crippen molar-refractivity contribution in [1.82, 2.24) is 0 Å². The second kappa shape index (κ2) is 6.72. The lowest BCUT2D eigenvalue weighted by Crippen LogP contribution is -2.30. The van der Waals surface area contributed by atoms with Crippen LogP contribution in [0.5, 0.6) is 0 Å². The maximum Gasteiger partial charge on any atom is 0.338 e. The molecule has 2 rings (SSSR count). The molecule has 0 heterocycles. The van der Waals surface area contributed by atoms with Crippen LogP contribution in [0.15, 0.2) is 24.3 Å². The van der Waals surface area contributed by atoms with Gasteiger partial charge in [-0.05, 0) is 43.5 Å². The fourth-order valence-corrected chi connectivity index (χ4v) is 2.02. The third-order valence-electron chi connectivity index (χ3n) is 3.84. The molecular formula is C16H22N2O3. The van der Waals surface area contributed by atoms with Gasteiger partial charge in [-0.3, -0.25) is 4.79 Å². The predicted molar refractivity (Wildman–Crippen MR) is 81.0 cm³/mol. The quantitative estimate of drug-likeness (QED) is 0.596. The Morgan fingerprint density at radius 1 is 1.29 bits per heavy atom. The summed E-state index contributed by atoms with van der Waals surface area (Å²) < 4.78 is 5.13. The van der Waals surface area contributed by atoms with Gasteiger partial charge in [0.2, 0.25) is 5.91 Å². The third-order valence-corrected chi connectivity index (χ3v) is 3.84. The number of anilines is 1. The first-order valence-electron chi connectivity index (χ1n) is 7.40. The molecule has 0 aliphatic heterocycles. The molecule has 0 atom stereocenters. The van der Waals surface area contributed by atoms with Gasteiger partial charge in [-0.15, -0.1) is 0 Å². The van der Waals surface area contributed by atoms with Crippen LogP contribution in [0.4, 0.5) is 5.69 Å². The molecule has 3 N–H and O–H groups in total. The number of rotatable bonds is 7. The van der Waals surface area contributed by atoms with Crippen molar-refractivity contribution in [2.24, 2.45) is 11.1 Å². The van der Waals surface area contributed by atoms with Gasteiger partial charge in [0.15, 0.2) is 0 Å². The molecule has 1 saturated carbocycles. The molecule has 1 amide bonds. The Bertz CT molecular complexity index is 507. The van der Waals surface area contributed by atoms with Crippen LogP contribution in [0.3, 0.4) is 0 Å². The van der Waals surface area contributed by atoms with Crippen molar-refractivity contribution in [3.05, 3.63) is 29.8 Å². The Hall–Kier alpha value is -1.88. The summed E-state index contributed by atoms with van der Waals surface area (Å²) in [4.78, 5) is 23.8. The highest BCUT2D eigenvalue weighted by Crippen LogP contribution is 2.45. The Labute approximate surface area is 124 Å². The molecule has 5 nitrogen and oxygen atoms in total. The van der Waals surface area contributed by atoms with Crippen molar-refractivity contribution in [2.75, 3.05) is 18.5 Å². The van der Waals surface area contributed by atoms with E-state index < -0.39 is 0 Å². The minimum absolute atomic E-state index is 0.0386. The number of nitrogens with one attached hydrogen (secondary N) is 1. The zero-order valence-corrected chi connectivity index (χ0v) is 12.4. The van der Waals surface area contributed by atoms with Gasteiger partial charge in [0.05, 0.1) is 17.6 Å². The zero-order valence-electron chi connectivity index (χ0n) is 12.4. The Morgan fingerprint density at radius 3 is 2.48 bits per heavy atom. The van der Waals surface area contributed by atoms with E-state index in [1.807, 2.05) is 6.92 Å². The maximum atomic E-state index is 12.0. The van der Waals surface area contributed by atoms with E-state index in [0.717, 1.165) is 25.7 Å². The molecule has 0 radical (unpaired) electrons. The summed E-state index contributed by atoms with van der Waals surface area (Å²) in [7, 11) is 0. The van der Waals surface area contributed by atoms with Gasteiger partial charge in [-0.1, -0.05) is 13.3 Å². The van der Waals surface area contributed by atoms with E-state index in [2.05, 4.69) is 5.32 Å². The Kier molecular flexibility index (Phi) is 4.96. The number of carbonyl (C=O) groups excluding carboxylic acids is 2. The van der Waals surface area contributed by atoms with Gasteiger partial charge in [-0.25, -0.2) is 4.79 Å². The molecule has 1 aromatic rings. The van der Waals surface area contributed by atoms with E-state index in [1.54, 1.807) is 24.3 Å². The summed E-state index contributed by atoms with van der Waals surface area (Å²) in [5, 5.41) is 2.84. The number of benzene rings is 1. The van der Waals surface area contributed by atoms with Gasteiger partial charge in [0.1, 0.15) is 0 Å². The largest absolute Gasteiger partial charge is 0.462 e. The molecule has 1 aliphatic carbocycles. The molecule has 0 spiro atoms. The van der Waals surface area contributed by atoms with Crippen molar-refractivity contribution in [1.29, 1.82) is 0 Å². The lowest BCUT2D eigenvalue weighted by Gasteiger charge is -2.13. The van der Waals surface area contributed by atoms with Crippen LogP contribution in [-0.4, -0.2) is 25.0 Å². The summed E-state index contributed by atoms with van der Waals surface area (Å²) in [5.74, 6) is -0.370. The molecule has 0 unspecified atom stereocenters. The lowest BCUT2D eigenvalue weighted by molar-refractivity contribution is -0.120. The molecule has 1 aliphatic rings. The van der Waals surface area contributed by atoms with Crippen LogP contribution in [-0.2, 0) is 9.53 Å². The van der Waals surface area contributed by atoms with E-state index in [4.69, 9.17) is 10.5 Å². The number of esters is 1. The predicted octanol–water partition coefficient (Wildman–Crippen LogP) is 2.32. The highest BCUT2D eigenvalue weighted by atomic mass is 16.5. The third kappa shape index (κ3) is 3.82. The van der Waals surface area contributed by atoms with Gasteiger partial charge in [-0.2, -0.15) is 0 Å². The number of nitrogens with two attached hydrogens (primary N) is 1. The average molecular weight is 290 g/mol. The molecule has 1 aromatic carbocycles. The molecular weight excluding hydrogens is 268 g/mol. The van der Waals surface area contributed by atoms with Gasteiger partial charge < -0.3 is 15.8 Å². The number of hydrogen-bond donors (Lipinski definition) is 2. The summed E-state index contributed by atoms with van der Waals surface area (Å²) in [6.45, 7) is 2.85. The van der Waals surface area contributed by atoms with E-state index in [0.29, 0.717) is 24.4 Å². The maximum absolute atomic E-state index is 12.0. The van der Waals surface area contributed by atoms with E-state index in [1.165, 1.54) is 0 Å². The second-order valence-corrected chi connectivity index (χ2v) is 5.51. The fraction of sp³-hybridized carbons (Fsp3) is 0.500. The summed E-state index contributed by atoms with van der Waals surface area (Å²) in [5.41, 5.74) is 6.41. The lowest BCUT2D eigenvalue weighted by atomic mass is 10.1. The minimum Gasteiger partial charge on any atom is -0.462 e. The number of carbonyl (C=O) groups is 2. The number of unbranched alkanes of at least 4 members (excludes halogenated alkanes) is 1. The van der Waals surface area contributed by atoms with E-state index in [9.17, 15) is 9.59 Å². The van der Waals surface area contributed by atoms with Crippen molar-refractivity contribution in [2.45, 2.75) is 32.6 Å². The number of hydrogen-bond acceptors (Lipinski definition) is 4. The molecule has 5 heteroatoms. The molecule has 21 heavy (non-hydrogen) atoms. The summed E-state index contributed by atoms with van der Waals surface area (Å²) in [6.07, 6.45) is 3.54. The number of ether oxygens (including phenoxy) is 1. The average Bonchev–Trinajstić information content (AvgIpc) is 3.29. The van der Waals surface area contributed by atoms with Crippen LogP contribution in [0, 0.1) is 5.41 Å². The Morgan fingerprint density at radius 2 is 1.95 bits per heavy atom. The highest BCUT2D eigenvalue weighted by Gasteiger charge is 2.48. The molecule has 0 bridgehead atoms. The van der Waals surface area contributed by atoms with Crippen LogP contribution in [0.1, 0.15) is 43.0 Å². The second-order valence-electron chi connectivity index (χ2n) is 5.51. The SMILES string of the molecule is CCCCOC(=O)c1ccc(NC(=O)C2(CN)CC2)cc1. The normalized spacial score (nSPS) is 15.3. The van der Waals surface area contributed by atoms with Gasteiger partial charge in [0.25, 0.3) is 0 Å². The summed E-state index contributed by atoms with van der Waals surface area (Å²) in [6, 6.07) is 6.74. The zero-order chi connectivity index (χ0) is 15.3. The standard InChI is InChI=1S/C16H22N2O3/c1-2-3-10-21-14(19)12-4-6-13(7-5-12)18-15(20)16(11-17)8-9-16/h4-7H,2-3,8-11,17H2,1H3,(H,18,20). The Balaban J connectivity index is 1.90. The van der Waals surface area contributed by atoms with Crippen molar-refractivity contribution >= 4 is 17.6 Å². The molecule has 0 saturated heterocycles. The molecule has 114 valence electrons. The van der Waals surface area contributed by atoms with E-state index in [-0.39, 0.29) is 17.3 Å². The van der Waals surface area contributed by atoms with Crippen LogP contribution in [0.25, 0.3) is 0 Å². The van der Waals surface area contributed by atoms with Crippen LogP contribution >= 0.6 is 0 Å². The molecule has 1 fully saturated rings. The van der Waals surface area contributed by atoms with Crippen molar-refractivity contribution in [3.63, 3.8) is 0 Å². The van der Waals surface area contributed by atoms with E-state index >= 15 is 0 Å². The smallest absolute Gasteiger partial charge is 0.338 e. The molecule has 0 aromatic heterocycles. The highest BCUT2D eigenvalue weighted by molar-refractivity contribution is 5.98. The van der Waals surface area contributed by atoms with Gasteiger partial charge >= 0.3 is 5.97 Å². The summed E-state index contributed by atoms with van der Waals surface area (Å²) >= 11 is 0. The number of amides is 1. The first-order valence-corrected chi connectivity index (χ1v) is 7.40. The fourth-order valence-electron chi connectivity index (χ4n) is 2.02. The first-order chi connectivity index (χ1) is 10.1. The topological polar surface area (TPSA) is 81.4 Å².